The van der Waals surface area contributed by atoms with Gasteiger partial charge in [-0.25, -0.2) is 0 Å². The lowest BCUT2D eigenvalue weighted by molar-refractivity contribution is -0.384. The third kappa shape index (κ3) is 15.9. The summed E-state index contributed by atoms with van der Waals surface area (Å²) in [5, 5.41) is 12.4. The number of nitrogens with one attached hydrogen (secondary N) is 2. The summed E-state index contributed by atoms with van der Waals surface area (Å²) in [6, 6.07) is 24.3. The molecule has 0 spiro atoms. The first-order chi connectivity index (χ1) is 48.1. The van der Waals surface area contributed by atoms with Gasteiger partial charge in [-0.15, -0.1) is 0 Å². The van der Waals surface area contributed by atoms with E-state index in [0.717, 1.165) is 121 Å². The first kappa shape index (κ1) is 77.9. The molecule has 104 heavy (non-hydrogen) atoms. The van der Waals surface area contributed by atoms with Gasteiger partial charge in [0.2, 0.25) is 0 Å². The van der Waals surface area contributed by atoms with E-state index in [4.69, 9.17) is 0 Å². The van der Waals surface area contributed by atoms with Crippen LogP contribution in [0.25, 0.3) is 22.3 Å². The number of benzene rings is 1. The largest absolute Gasteiger partial charge is 0.354 e. The summed E-state index contributed by atoms with van der Waals surface area (Å²) in [6.07, 6.45) is 25.9. The van der Waals surface area contributed by atoms with Crippen LogP contribution in [0.15, 0.2) is 188 Å². The van der Waals surface area contributed by atoms with E-state index in [9.17, 15) is 10.1 Å². The molecule has 10 rings (SSSR count). The summed E-state index contributed by atoms with van der Waals surface area (Å²) in [7, 11) is 0. The third-order valence-electron chi connectivity index (χ3n) is 21.1. The van der Waals surface area contributed by atoms with Crippen molar-refractivity contribution in [1.82, 2.24) is 19.1 Å². The van der Waals surface area contributed by atoms with Gasteiger partial charge in [0.05, 0.1) is 27.7 Å². The molecule has 4 aliphatic carbocycles. The molecular formula is C93H117N5O6. The van der Waals surface area contributed by atoms with Gasteiger partial charge in [0.15, 0.2) is 23.1 Å². The lowest BCUT2D eigenvalue weighted by Crippen LogP contribution is -2.28. The van der Waals surface area contributed by atoms with Crippen LogP contribution in [0, 0.1) is 53.4 Å². The molecule has 0 unspecified atom stereocenters. The first-order valence-electron chi connectivity index (χ1n) is 38.1. The van der Waals surface area contributed by atoms with Crippen LogP contribution in [0.3, 0.4) is 0 Å². The summed E-state index contributed by atoms with van der Waals surface area (Å²) >= 11 is 0. The zero-order valence-electron chi connectivity index (χ0n) is 67.4. The van der Waals surface area contributed by atoms with Crippen LogP contribution in [-0.4, -0.2) is 47.2 Å². The van der Waals surface area contributed by atoms with Gasteiger partial charge >= 0.3 is 0 Å². The number of hydrogen-bond acceptors (Lipinski definition) is 6. The highest BCUT2D eigenvalue weighted by Crippen LogP contribution is 2.50. The maximum absolute atomic E-state index is 15.2. The summed E-state index contributed by atoms with van der Waals surface area (Å²) in [5.41, 5.74) is 15.4. The van der Waals surface area contributed by atoms with Crippen LogP contribution < -0.4 is 0 Å². The number of allylic oxidation sites excluding steroid dienone is 20. The molecule has 1 aromatic carbocycles. The van der Waals surface area contributed by atoms with Crippen LogP contribution in [-0.2, 0) is 32.3 Å². The second-order valence-corrected chi connectivity index (χ2v) is 38.0. The Labute approximate surface area is 621 Å². The van der Waals surface area contributed by atoms with Gasteiger partial charge in [-0.1, -0.05) is 230 Å². The van der Waals surface area contributed by atoms with E-state index < -0.39 is 43.3 Å². The number of aromatic nitrogens is 4. The topological polar surface area (TPSA) is 153 Å². The number of hydrogen-bond donors (Lipinski definition) is 2. The number of non-ortho nitro benzene ring substituents is 1. The molecular weight excluding hydrogens is 1280 g/mol. The number of carbonyl (C=O) groups excluding carboxylic acids is 4. The van der Waals surface area contributed by atoms with Gasteiger partial charge in [-0.05, 0) is 175 Å². The van der Waals surface area contributed by atoms with Crippen molar-refractivity contribution in [2.75, 3.05) is 0 Å². The Morgan fingerprint density at radius 3 is 0.779 bits per heavy atom. The minimum atomic E-state index is -0.577. The average Bonchev–Trinajstić information content (AvgIpc) is 1.54. The van der Waals surface area contributed by atoms with Gasteiger partial charge in [0, 0.05) is 115 Å². The molecule has 5 aliphatic rings. The van der Waals surface area contributed by atoms with E-state index in [1.165, 1.54) is 25.7 Å². The smallest absolute Gasteiger partial charge is 0.269 e. The van der Waals surface area contributed by atoms with E-state index >= 15 is 19.2 Å². The number of nitrogens with zero attached hydrogens (tertiary/aromatic N) is 3. The van der Waals surface area contributed by atoms with Crippen molar-refractivity contribution in [3.8, 4) is 0 Å². The Morgan fingerprint density at radius 1 is 0.317 bits per heavy atom. The molecule has 0 atom stereocenters. The van der Waals surface area contributed by atoms with Crippen molar-refractivity contribution in [3.05, 3.63) is 250 Å². The molecule has 0 fully saturated rings. The van der Waals surface area contributed by atoms with Crippen LogP contribution in [0.4, 0.5) is 5.69 Å². The molecule has 1 aliphatic heterocycles. The fourth-order valence-electron chi connectivity index (χ4n) is 15.2. The molecule has 0 saturated carbocycles. The predicted molar refractivity (Wildman–Crippen MR) is 430 cm³/mol. The second kappa shape index (κ2) is 28.3. The second-order valence-electron chi connectivity index (χ2n) is 38.0. The number of aromatic amines is 2. The van der Waals surface area contributed by atoms with Gasteiger partial charge in [-0.3, -0.25) is 29.3 Å². The van der Waals surface area contributed by atoms with Crippen molar-refractivity contribution in [2.45, 2.75) is 238 Å². The Balaban J connectivity index is 1.49. The number of fused-ring (bicyclic) bond motifs is 8. The Bertz CT molecular complexity index is 4330. The highest BCUT2D eigenvalue weighted by atomic mass is 16.6. The molecule has 8 bridgehead atoms. The number of ketones is 4. The highest BCUT2D eigenvalue weighted by Gasteiger charge is 2.42. The standard InChI is InChI=1S/C93H117N5O6/c1-26-27-28-29-30-31-32-33-46-96-74-42-43-75(96)79(58-49-64(88(8,9)10)83(100)65(50-58)89(11,12)13)71-39-41-73(95-71)81(60-53-68(92(20,21)22)85(102)69(54-60)93(23,24)25)77-45-44-76(97(77)55-56-34-36-61(37-35-56)98(103)104)80(59-51-66(90(14,15)16)84(101)67(52-59)91(17,18)19)72-40-38-70(94-72)78(74)57-47-62(86(2,3)4)82(99)63(48-57)87(5,6)7/h34-45,47-54,94-95H,26-33,46,55H2,1-25H3. The Morgan fingerprint density at radius 2 is 0.548 bits per heavy atom. The number of carbonyl (C=O) groups is 4. The van der Waals surface area contributed by atoms with E-state index in [1.54, 1.807) is 12.1 Å². The van der Waals surface area contributed by atoms with Crippen molar-refractivity contribution >= 4 is 51.1 Å². The minimum absolute atomic E-state index is 0.000172. The lowest BCUT2D eigenvalue weighted by atomic mass is 9.71. The van der Waals surface area contributed by atoms with Gasteiger partial charge < -0.3 is 19.1 Å². The average molecular weight is 1400 g/mol. The molecule has 0 radical (unpaired) electrons. The lowest BCUT2D eigenvalue weighted by Gasteiger charge is -2.32. The van der Waals surface area contributed by atoms with E-state index in [1.807, 2.05) is 12.1 Å². The number of Topliss-reactive ketones (excluding diaryl/α,β-unsaturated/α-hetero) is 4. The summed E-state index contributed by atoms with van der Waals surface area (Å²) < 4.78 is 4.82. The van der Waals surface area contributed by atoms with Crippen LogP contribution in [0.2, 0.25) is 0 Å². The number of nitro groups is 1. The summed E-state index contributed by atoms with van der Waals surface area (Å²) in [5.74, 6) is 0.0647. The maximum Gasteiger partial charge on any atom is 0.269 e. The maximum atomic E-state index is 15.2. The fourth-order valence-corrected chi connectivity index (χ4v) is 15.2. The zero-order valence-corrected chi connectivity index (χ0v) is 67.4. The highest BCUT2D eigenvalue weighted by molar-refractivity contribution is 6.16. The molecule has 5 aromatic rings. The molecule has 11 nitrogen and oxygen atoms in total. The SMILES string of the molecule is CCCCCCCCCCn1c2ccc1C(=C1C=C(C(C)(C)C)C(=O)C(C(C)(C)C)=C1)c1ccc([nH]1)C(=C1C=C(C(C)(C)C)C(=O)C(C(C)(C)C)=C1)c1ccc(n1Cc1ccc([N+](=O)[O-])cc1)C(=C1C=C(C(C)(C)C)C(=O)C(C(C)(C)C)=C1)c1ccc([nH]1)C2=C1C=C(C(C)(C)C)C(=O)C(C(C)(C)C)=C1. The van der Waals surface area contributed by atoms with Crippen LogP contribution in [0.5, 0.6) is 0 Å². The predicted octanol–water partition coefficient (Wildman–Crippen LogP) is 23.7. The van der Waals surface area contributed by atoms with Crippen molar-refractivity contribution in [2.24, 2.45) is 43.3 Å². The van der Waals surface area contributed by atoms with Crippen molar-refractivity contribution in [1.29, 1.82) is 0 Å². The van der Waals surface area contributed by atoms with E-state index in [-0.39, 0.29) is 40.3 Å². The summed E-state index contributed by atoms with van der Waals surface area (Å²) in [6.45, 7) is 53.8. The molecule has 0 amide bonds. The number of rotatable bonds is 12. The monoisotopic (exact) mass is 1400 g/mol. The van der Waals surface area contributed by atoms with Crippen molar-refractivity contribution < 1.29 is 24.1 Å². The molecule has 2 N–H and O–H groups in total. The van der Waals surface area contributed by atoms with Crippen molar-refractivity contribution in [3.63, 3.8) is 0 Å². The van der Waals surface area contributed by atoms with Crippen LogP contribution in [0.1, 0.15) is 276 Å². The fraction of sp³-hybridized carbons (Fsp3) is 0.462. The molecule has 11 heteroatoms. The van der Waals surface area contributed by atoms with Gasteiger partial charge in [0.25, 0.3) is 5.69 Å². The van der Waals surface area contributed by atoms with E-state index in [2.05, 4.69) is 289 Å². The zero-order chi connectivity index (χ0) is 76.7. The first-order valence-corrected chi connectivity index (χ1v) is 38.1. The van der Waals surface area contributed by atoms with E-state index in [0.29, 0.717) is 51.1 Å². The quantitative estimate of drug-likeness (QED) is 0.0707. The van der Waals surface area contributed by atoms with Crippen LogP contribution >= 0.6 is 0 Å². The Kier molecular flexibility index (Phi) is 21.2. The normalized spacial score (nSPS) is 17.2. The molecule has 4 aromatic heterocycles. The number of unbranched alkanes of at least 4 members (excludes halogenated alkanes) is 7. The molecule has 550 valence electrons. The Hall–Kier alpha value is -8.70. The van der Waals surface area contributed by atoms with Gasteiger partial charge in [-0.2, -0.15) is 0 Å². The number of nitro benzene ring substituents is 1. The molecule has 0 saturated heterocycles. The van der Waals surface area contributed by atoms with Gasteiger partial charge in [0.1, 0.15) is 0 Å². The molecule has 5 heterocycles. The number of H-pyrrole nitrogens is 2. The minimum Gasteiger partial charge on any atom is -0.354 e. The summed E-state index contributed by atoms with van der Waals surface area (Å²) in [4.78, 5) is 81.3. The third-order valence-corrected chi connectivity index (χ3v) is 21.1.